The lowest BCUT2D eigenvalue weighted by atomic mass is 10.1. The Morgan fingerprint density at radius 2 is 1.83 bits per heavy atom. The highest BCUT2D eigenvalue weighted by Gasteiger charge is 2.13. The number of hydrogen-bond donors (Lipinski definition) is 0. The van der Waals surface area contributed by atoms with Crippen molar-refractivity contribution in [2.45, 2.75) is 26.2 Å². The molecule has 0 fully saturated rings. The van der Waals surface area contributed by atoms with Crippen molar-refractivity contribution in [3.05, 3.63) is 77.2 Å². The van der Waals surface area contributed by atoms with Crippen LogP contribution in [-0.2, 0) is 19.3 Å². The van der Waals surface area contributed by atoms with Gasteiger partial charge in [-0.2, -0.15) is 0 Å². The summed E-state index contributed by atoms with van der Waals surface area (Å²) >= 11 is 0. The summed E-state index contributed by atoms with van der Waals surface area (Å²) in [6.45, 7) is 1.76. The highest BCUT2D eigenvalue weighted by atomic mass is 16.5. The van der Waals surface area contributed by atoms with E-state index in [1.807, 2.05) is 24.3 Å². The Kier molecular flexibility index (Phi) is 4.57. The molecular weight excluding hydrogens is 290 g/mol. The zero-order valence-electron chi connectivity index (χ0n) is 12.9. The van der Waals surface area contributed by atoms with Crippen LogP contribution in [0.4, 0.5) is 0 Å². The molecule has 0 spiro atoms. The molecule has 0 saturated carbocycles. The SMILES string of the molecule is Cc1cc(C(=O)Cc2cc(CCc3ccccc3)ncn2)no1. The van der Waals surface area contributed by atoms with Crippen molar-refractivity contribution < 1.29 is 9.32 Å². The first-order chi connectivity index (χ1) is 11.2. The molecule has 0 saturated heterocycles. The molecule has 0 aliphatic heterocycles. The van der Waals surface area contributed by atoms with Crippen LogP contribution in [0.1, 0.15) is 33.2 Å². The number of benzene rings is 1. The van der Waals surface area contributed by atoms with Gasteiger partial charge in [0.1, 0.15) is 17.8 Å². The van der Waals surface area contributed by atoms with Crippen molar-refractivity contribution in [3.63, 3.8) is 0 Å². The van der Waals surface area contributed by atoms with Crippen LogP contribution in [0, 0.1) is 6.92 Å². The molecule has 2 heterocycles. The van der Waals surface area contributed by atoms with Crippen molar-refractivity contribution >= 4 is 5.78 Å². The number of carbonyl (C=O) groups is 1. The Hall–Kier alpha value is -2.82. The van der Waals surface area contributed by atoms with Crippen molar-refractivity contribution in [3.8, 4) is 0 Å². The van der Waals surface area contributed by atoms with E-state index in [2.05, 4.69) is 27.3 Å². The molecule has 0 amide bonds. The van der Waals surface area contributed by atoms with Gasteiger partial charge in [-0.3, -0.25) is 4.79 Å². The van der Waals surface area contributed by atoms with Crippen molar-refractivity contribution in [1.82, 2.24) is 15.1 Å². The highest BCUT2D eigenvalue weighted by molar-refractivity contribution is 5.95. The molecule has 0 N–H and O–H groups in total. The van der Waals surface area contributed by atoms with E-state index in [0.717, 1.165) is 18.5 Å². The Balaban J connectivity index is 1.64. The van der Waals surface area contributed by atoms with Gasteiger partial charge in [-0.15, -0.1) is 0 Å². The van der Waals surface area contributed by atoms with Gasteiger partial charge >= 0.3 is 0 Å². The fourth-order valence-electron chi connectivity index (χ4n) is 2.35. The van der Waals surface area contributed by atoms with Gasteiger partial charge in [-0.1, -0.05) is 35.5 Å². The van der Waals surface area contributed by atoms with Gasteiger partial charge < -0.3 is 4.52 Å². The molecule has 5 nitrogen and oxygen atoms in total. The molecule has 116 valence electrons. The summed E-state index contributed by atoms with van der Waals surface area (Å²) in [6, 6.07) is 13.8. The second-order valence-electron chi connectivity index (χ2n) is 5.41. The second-order valence-corrected chi connectivity index (χ2v) is 5.41. The molecule has 0 unspecified atom stereocenters. The second kappa shape index (κ2) is 6.96. The lowest BCUT2D eigenvalue weighted by Crippen LogP contribution is -2.07. The molecule has 1 aromatic carbocycles. The van der Waals surface area contributed by atoms with Crippen LogP contribution in [-0.4, -0.2) is 20.9 Å². The predicted molar refractivity (Wildman–Crippen MR) is 85.2 cm³/mol. The minimum absolute atomic E-state index is 0.102. The number of Topliss-reactive ketones (excluding diaryl/α,β-unsaturated/α-hetero) is 1. The van der Waals surface area contributed by atoms with Gasteiger partial charge in [-0.25, -0.2) is 9.97 Å². The number of ketones is 1. The van der Waals surface area contributed by atoms with E-state index in [9.17, 15) is 4.79 Å². The standard InChI is InChI=1S/C18H17N3O2/c1-13-9-17(21-23-13)18(22)11-16-10-15(19-12-20-16)8-7-14-5-3-2-4-6-14/h2-6,9-10,12H,7-8,11H2,1H3. The van der Waals surface area contributed by atoms with Gasteiger partial charge in [0.15, 0.2) is 5.78 Å². The largest absolute Gasteiger partial charge is 0.361 e. The van der Waals surface area contributed by atoms with E-state index in [1.54, 1.807) is 13.0 Å². The van der Waals surface area contributed by atoms with E-state index in [-0.39, 0.29) is 12.2 Å². The Bertz CT molecular complexity index is 797. The fourth-order valence-corrected chi connectivity index (χ4v) is 2.35. The molecule has 3 rings (SSSR count). The van der Waals surface area contributed by atoms with Crippen LogP contribution in [0.25, 0.3) is 0 Å². The zero-order chi connectivity index (χ0) is 16.1. The van der Waals surface area contributed by atoms with Crippen molar-refractivity contribution in [2.24, 2.45) is 0 Å². The topological polar surface area (TPSA) is 68.9 Å². The normalized spacial score (nSPS) is 10.7. The smallest absolute Gasteiger partial charge is 0.190 e. The number of carbonyl (C=O) groups excluding carboxylic acids is 1. The molecule has 0 bridgehead atoms. The Morgan fingerprint density at radius 1 is 1.04 bits per heavy atom. The lowest BCUT2D eigenvalue weighted by Gasteiger charge is -2.03. The van der Waals surface area contributed by atoms with Crippen molar-refractivity contribution in [1.29, 1.82) is 0 Å². The number of aryl methyl sites for hydroxylation is 3. The summed E-state index contributed by atoms with van der Waals surface area (Å²) in [7, 11) is 0. The third-order valence-electron chi connectivity index (χ3n) is 3.55. The third-order valence-corrected chi connectivity index (χ3v) is 3.55. The van der Waals surface area contributed by atoms with Gasteiger partial charge in [0.25, 0.3) is 0 Å². The first-order valence-corrected chi connectivity index (χ1v) is 7.51. The lowest BCUT2D eigenvalue weighted by molar-refractivity contribution is 0.0983. The maximum atomic E-state index is 12.1. The van der Waals surface area contributed by atoms with Crippen LogP contribution in [0.3, 0.4) is 0 Å². The van der Waals surface area contributed by atoms with E-state index >= 15 is 0 Å². The number of hydrogen-bond acceptors (Lipinski definition) is 5. The first-order valence-electron chi connectivity index (χ1n) is 7.51. The van der Waals surface area contributed by atoms with Gasteiger partial charge in [0, 0.05) is 11.8 Å². The minimum Gasteiger partial charge on any atom is -0.361 e. The zero-order valence-corrected chi connectivity index (χ0v) is 12.9. The molecule has 23 heavy (non-hydrogen) atoms. The summed E-state index contributed by atoms with van der Waals surface area (Å²) in [4.78, 5) is 20.6. The molecule has 2 aromatic heterocycles. The predicted octanol–water partition coefficient (Wildman–Crippen LogP) is 2.98. The van der Waals surface area contributed by atoms with Gasteiger partial charge in [0.2, 0.25) is 0 Å². The first kappa shape index (κ1) is 15.1. The fraction of sp³-hybridized carbons (Fsp3) is 0.222. The molecule has 3 aromatic rings. The maximum absolute atomic E-state index is 12.1. The number of aromatic nitrogens is 3. The van der Waals surface area contributed by atoms with Crippen molar-refractivity contribution in [2.75, 3.05) is 0 Å². The number of rotatable bonds is 6. The molecular formula is C18H17N3O2. The van der Waals surface area contributed by atoms with E-state index < -0.39 is 0 Å². The van der Waals surface area contributed by atoms with E-state index in [1.165, 1.54) is 11.9 Å². The summed E-state index contributed by atoms with van der Waals surface area (Å²) in [5.41, 5.74) is 3.24. The van der Waals surface area contributed by atoms with Gasteiger partial charge in [-0.05, 0) is 31.4 Å². The quantitative estimate of drug-likeness (QED) is 0.655. The summed E-state index contributed by atoms with van der Waals surface area (Å²) in [6.07, 6.45) is 3.44. The average Bonchev–Trinajstić information content (AvgIpc) is 3.01. The Morgan fingerprint density at radius 3 is 2.57 bits per heavy atom. The van der Waals surface area contributed by atoms with Gasteiger partial charge in [0.05, 0.1) is 12.1 Å². The summed E-state index contributed by atoms with van der Waals surface area (Å²) < 4.78 is 4.93. The Labute approximate surface area is 134 Å². The van der Waals surface area contributed by atoms with Crippen LogP contribution in [0.5, 0.6) is 0 Å². The molecule has 0 aliphatic carbocycles. The monoisotopic (exact) mass is 307 g/mol. The molecule has 0 atom stereocenters. The van der Waals surface area contributed by atoms with E-state index in [0.29, 0.717) is 17.1 Å². The summed E-state index contributed by atoms with van der Waals surface area (Å²) in [5, 5.41) is 3.74. The molecule has 5 heteroatoms. The molecule has 0 aliphatic rings. The average molecular weight is 307 g/mol. The highest BCUT2D eigenvalue weighted by Crippen LogP contribution is 2.09. The minimum atomic E-state index is -0.102. The maximum Gasteiger partial charge on any atom is 0.190 e. The summed E-state index contributed by atoms with van der Waals surface area (Å²) in [5.74, 6) is 0.522. The molecule has 0 radical (unpaired) electrons. The van der Waals surface area contributed by atoms with Crippen LogP contribution >= 0.6 is 0 Å². The number of nitrogens with zero attached hydrogens (tertiary/aromatic N) is 3. The third kappa shape index (κ3) is 4.10. The van der Waals surface area contributed by atoms with Crippen LogP contribution in [0.2, 0.25) is 0 Å². The van der Waals surface area contributed by atoms with Crippen LogP contribution in [0.15, 0.2) is 53.3 Å². The van der Waals surface area contributed by atoms with Crippen LogP contribution < -0.4 is 0 Å². The van der Waals surface area contributed by atoms with E-state index in [4.69, 9.17) is 4.52 Å².